The number of piperazine rings is 1. The maximum absolute atomic E-state index is 13.2. The first kappa shape index (κ1) is 19.1. The summed E-state index contributed by atoms with van der Waals surface area (Å²) in [5.74, 6) is -0.150. The van der Waals surface area contributed by atoms with E-state index in [9.17, 15) is 13.2 Å². The van der Waals surface area contributed by atoms with Gasteiger partial charge in [0.15, 0.2) is 0 Å². The van der Waals surface area contributed by atoms with Crippen LogP contribution in [0.5, 0.6) is 0 Å². The number of fused-ring (bicyclic) bond motifs is 1. The number of carbonyl (C=O) groups is 1. The molecule has 0 N–H and O–H groups in total. The van der Waals surface area contributed by atoms with E-state index in [1.807, 2.05) is 31.3 Å². The SMILES string of the molecule is CN1CCN(S(=O)(=O)c2cccc(C(=O)N3CCCc4ccccc43)c2)CC1. The van der Waals surface area contributed by atoms with Crippen LogP contribution in [0.15, 0.2) is 53.4 Å². The lowest BCUT2D eigenvalue weighted by Gasteiger charge is -2.32. The van der Waals surface area contributed by atoms with E-state index in [1.54, 1.807) is 23.1 Å². The van der Waals surface area contributed by atoms with Crippen molar-refractivity contribution in [2.45, 2.75) is 17.7 Å². The minimum Gasteiger partial charge on any atom is -0.308 e. The molecule has 2 aromatic rings. The number of aryl methyl sites for hydroxylation is 1. The largest absolute Gasteiger partial charge is 0.308 e. The van der Waals surface area contributed by atoms with Gasteiger partial charge < -0.3 is 9.80 Å². The quantitative estimate of drug-likeness (QED) is 0.794. The Morgan fingerprint density at radius 2 is 1.68 bits per heavy atom. The maximum Gasteiger partial charge on any atom is 0.258 e. The highest BCUT2D eigenvalue weighted by Gasteiger charge is 2.29. The Morgan fingerprint density at radius 1 is 0.929 bits per heavy atom. The highest BCUT2D eigenvalue weighted by atomic mass is 32.2. The molecule has 28 heavy (non-hydrogen) atoms. The van der Waals surface area contributed by atoms with Gasteiger partial charge in [0.2, 0.25) is 10.0 Å². The molecule has 4 rings (SSSR count). The van der Waals surface area contributed by atoms with Crippen molar-refractivity contribution >= 4 is 21.6 Å². The molecule has 2 aromatic carbocycles. The van der Waals surface area contributed by atoms with Crippen LogP contribution < -0.4 is 4.90 Å². The third-order valence-corrected chi connectivity index (χ3v) is 7.43. The summed E-state index contributed by atoms with van der Waals surface area (Å²) in [6.45, 7) is 3.00. The van der Waals surface area contributed by atoms with Gasteiger partial charge in [0, 0.05) is 44.0 Å². The number of likely N-dealkylation sites (N-methyl/N-ethyl adjacent to an activating group) is 1. The van der Waals surface area contributed by atoms with E-state index in [0.29, 0.717) is 38.3 Å². The summed E-state index contributed by atoms with van der Waals surface area (Å²) in [6.07, 6.45) is 1.86. The van der Waals surface area contributed by atoms with Crippen molar-refractivity contribution in [3.05, 3.63) is 59.7 Å². The fraction of sp³-hybridized carbons (Fsp3) is 0.381. The van der Waals surface area contributed by atoms with E-state index in [0.717, 1.165) is 24.1 Å². The van der Waals surface area contributed by atoms with Gasteiger partial charge in [-0.25, -0.2) is 8.42 Å². The van der Waals surface area contributed by atoms with Gasteiger partial charge in [-0.15, -0.1) is 0 Å². The highest BCUT2D eigenvalue weighted by Crippen LogP contribution is 2.28. The van der Waals surface area contributed by atoms with E-state index >= 15 is 0 Å². The summed E-state index contributed by atoms with van der Waals surface area (Å²) in [6, 6.07) is 14.4. The molecule has 0 spiro atoms. The average Bonchev–Trinajstić information content (AvgIpc) is 2.73. The summed E-state index contributed by atoms with van der Waals surface area (Å²) >= 11 is 0. The monoisotopic (exact) mass is 399 g/mol. The summed E-state index contributed by atoms with van der Waals surface area (Å²) in [5.41, 5.74) is 2.49. The van der Waals surface area contributed by atoms with E-state index < -0.39 is 10.0 Å². The van der Waals surface area contributed by atoms with E-state index in [2.05, 4.69) is 4.90 Å². The number of hydrogen-bond donors (Lipinski definition) is 0. The molecule has 2 heterocycles. The van der Waals surface area contributed by atoms with Crippen LogP contribution in [-0.2, 0) is 16.4 Å². The Balaban J connectivity index is 1.62. The summed E-state index contributed by atoms with van der Waals surface area (Å²) in [7, 11) is -1.61. The molecule has 2 aliphatic heterocycles. The standard InChI is InChI=1S/C21H25N3O3S/c1-22-12-14-23(15-13-22)28(26,27)19-9-4-7-18(16-19)21(25)24-11-5-8-17-6-2-3-10-20(17)24/h2-4,6-7,9-10,16H,5,8,11-15H2,1H3. The predicted molar refractivity (Wildman–Crippen MR) is 109 cm³/mol. The van der Waals surface area contributed by atoms with Crippen LogP contribution in [0.3, 0.4) is 0 Å². The van der Waals surface area contributed by atoms with Crippen LogP contribution in [-0.4, -0.2) is 63.3 Å². The minimum absolute atomic E-state index is 0.150. The predicted octanol–water partition coefficient (Wildman–Crippen LogP) is 2.22. The van der Waals surface area contributed by atoms with Gasteiger partial charge in [-0.2, -0.15) is 4.31 Å². The molecule has 2 aliphatic rings. The van der Waals surface area contributed by atoms with Crippen molar-refractivity contribution in [1.29, 1.82) is 0 Å². The minimum atomic E-state index is -3.60. The zero-order valence-corrected chi connectivity index (χ0v) is 16.9. The first-order chi connectivity index (χ1) is 13.5. The molecule has 7 heteroatoms. The van der Waals surface area contributed by atoms with Crippen LogP contribution in [0.2, 0.25) is 0 Å². The van der Waals surface area contributed by atoms with E-state index in [1.165, 1.54) is 10.4 Å². The Morgan fingerprint density at radius 3 is 2.46 bits per heavy atom. The zero-order valence-electron chi connectivity index (χ0n) is 16.0. The molecule has 1 fully saturated rings. The second kappa shape index (κ2) is 7.66. The third-order valence-electron chi connectivity index (χ3n) is 5.54. The molecule has 148 valence electrons. The van der Waals surface area contributed by atoms with E-state index in [-0.39, 0.29) is 10.8 Å². The molecular weight excluding hydrogens is 374 g/mol. The lowest BCUT2D eigenvalue weighted by molar-refractivity contribution is 0.0985. The molecule has 1 amide bonds. The second-order valence-electron chi connectivity index (χ2n) is 7.42. The number of para-hydroxylation sites is 1. The molecule has 0 bridgehead atoms. The van der Waals surface area contributed by atoms with Gasteiger partial charge in [-0.1, -0.05) is 24.3 Å². The summed E-state index contributed by atoms with van der Waals surface area (Å²) in [5, 5.41) is 0. The maximum atomic E-state index is 13.2. The second-order valence-corrected chi connectivity index (χ2v) is 9.36. The lowest BCUT2D eigenvalue weighted by atomic mass is 10.0. The van der Waals surface area contributed by atoms with Crippen LogP contribution in [0.25, 0.3) is 0 Å². The topological polar surface area (TPSA) is 60.9 Å². The number of amides is 1. The number of carbonyl (C=O) groups excluding carboxylic acids is 1. The van der Waals surface area contributed by atoms with Gasteiger partial charge in [0.1, 0.15) is 0 Å². The zero-order chi connectivity index (χ0) is 19.7. The first-order valence-electron chi connectivity index (χ1n) is 9.65. The fourth-order valence-corrected chi connectivity index (χ4v) is 5.34. The molecule has 1 saturated heterocycles. The lowest BCUT2D eigenvalue weighted by Crippen LogP contribution is -2.47. The Kier molecular flexibility index (Phi) is 5.23. The smallest absolute Gasteiger partial charge is 0.258 e. The van der Waals surface area contributed by atoms with Crippen molar-refractivity contribution in [1.82, 2.24) is 9.21 Å². The Labute approximate surface area is 166 Å². The van der Waals surface area contributed by atoms with Crippen LogP contribution >= 0.6 is 0 Å². The fourth-order valence-electron chi connectivity index (χ4n) is 3.87. The third kappa shape index (κ3) is 3.57. The molecule has 0 atom stereocenters. The number of anilines is 1. The van der Waals surface area contributed by atoms with Crippen molar-refractivity contribution < 1.29 is 13.2 Å². The summed E-state index contributed by atoms with van der Waals surface area (Å²) in [4.78, 5) is 17.2. The number of rotatable bonds is 3. The van der Waals surface area contributed by atoms with Gasteiger partial charge in [0.05, 0.1) is 4.90 Å². The molecular formula is C21H25N3O3S. The van der Waals surface area contributed by atoms with Crippen molar-refractivity contribution in [3.63, 3.8) is 0 Å². The first-order valence-corrected chi connectivity index (χ1v) is 11.1. The molecule has 0 aromatic heterocycles. The van der Waals surface area contributed by atoms with Crippen LogP contribution in [0, 0.1) is 0 Å². The molecule has 0 saturated carbocycles. The number of hydrogen-bond acceptors (Lipinski definition) is 4. The number of benzene rings is 2. The number of sulfonamides is 1. The highest BCUT2D eigenvalue weighted by molar-refractivity contribution is 7.89. The van der Waals surface area contributed by atoms with Gasteiger partial charge in [0.25, 0.3) is 5.91 Å². The normalized spacial score (nSPS) is 18.7. The molecule has 0 radical (unpaired) electrons. The Bertz CT molecular complexity index is 982. The number of nitrogens with zero attached hydrogens (tertiary/aromatic N) is 3. The molecule has 0 unspecified atom stereocenters. The average molecular weight is 400 g/mol. The molecule has 0 aliphatic carbocycles. The van der Waals surface area contributed by atoms with Gasteiger partial charge in [-0.3, -0.25) is 4.79 Å². The van der Waals surface area contributed by atoms with Gasteiger partial charge >= 0.3 is 0 Å². The van der Waals surface area contributed by atoms with Crippen LogP contribution in [0.1, 0.15) is 22.3 Å². The van der Waals surface area contributed by atoms with E-state index in [4.69, 9.17) is 0 Å². The summed E-state index contributed by atoms with van der Waals surface area (Å²) < 4.78 is 27.6. The van der Waals surface area contributed by atoms with Crippen molar-refractivity contribution in [2.75, 3.05) is 44.7 Å². The molecule has 6 nitrogen and oxygen atoms in total. The van der Waals surface area contributed by atoms with Crippen LogP contribution in [0.4, 0.5) is 5.69 Å². The van der Waals surface area contributed by atoms with Crippen molar-refractivity contribution in [3.8, 4) is 0 Å². The van der Waals surface area contributed by atoms with Gasteiger partial charge in [-0.05, 0) is 49.7 Å². The van der Waals surface area contributed by atoms with Crippen molar-refractivity contribution in [2.24, 2.45) is 0 Å². The Hall–Kier alpha value is -2.22.